The zero-order valence-corrected chi connectivity index (χ0v) is 29.7. The van der Waals surface area contributed by atoms with Crippen LogP contribution < -0.4 is 10.2 Å². The molecule has 0 saturated carbocycles. The van der Waals surface area contributed by atoms with E-state index in [0.29, 0.717) is 31.2 Å². The predicted octanol–water partition coefficient (Wildman–Crippen LogP) is 4.97. The van der Waals surface area contributed by atoms with Crippen molar-refractivity contribution < 1.29 is 33.8 Å². The van der Waals surface area contributed by atoms with Crippen LogP contribution in [0.1, 0.15) is 68.7 Å². The second-order valence-corrected chi connectivity index (χ2v) is 13.9. The van der Waals surface area contributed by atoms with Gasteiger partial charge in [-0.25, -0.2) is 0 Å². The monoisotopic (exact) mass is 685 g/mol. The van der Waals surface area contributed by atoms with Gasteiger partial charge in [-0.05, 0) is 55.7 Å². The standard InChI is InChI=1S/C40H51N3O7/c1-7-10-19-32(45)41-23-31(28-17-12-11-13-18-28)49-39(48)33-30-20-21-40(50-30)34(33)37(46)43(29(24-44)25(4)9-3)36(40)38(47)42(22-8-2)35-26(5)15-14-16-27(35)6/h7-8,11-18,25,29-31,33-34,36,44H,1-2,9-10,19-24H2,3-6H3,(H,41,45)/t25-,29-,30-,31-,33+,34+,36-,40+/m0/s1. The normalized spacial score (nSPS) is 25.4. The average Bonchev–Trinajstić information content (AvgIpc) is 3.76. The van der Waals surface area contributed by atoms with Crippen LogP contribution in [-0.4, -0.2) is 77.2 Å². The molecule has 3 amide bonds. The summed E-state index contributed by atoms with van der Waals surface area (Å²) in [4.78, 5) is 59.9. The van der Waals surface area contributed by atoms with Crippen molar-refractivity contribution in [2.45, 2.75) is 89.7 Å². The van der Waals surface area contributed by atoms with Crippen LogP contribution in [0.4, 0.5) is 5.69 Å². The van der Waals surface area contributed by atoms with Gasteiger partial charge < -0.3 is 29.7 Å². The van der Waals surface area contributed by atoms with Gasteiger partial charge >= 0.3 is 5.97 Å². The van der Waals surface area contributed by atoms with Gasteiger partial charge in [-0.15, -0.1) is 13.2 Å². The molecule has 3 saturated heterocycles. The number of aryl methyl sites for hydroxylation is 2. The lowest BCUT2D eigenvalue weighted by Crippen LogP contribution is -2.60. The number of ether oxygens (including phenoxy) is 2. The summed E-state index contributed by atoms with van der Waals surface area (Å²) in [6.45, 7) is 15.3. The Morgan fingerprint density at radius 1 is 1.12 bits per heavy atom. The lowest BCUT2D eigenvalue weighted by atomic mass is 9.70. The summed E-state index contributed by atoms with van der Waals surface area (Å²) >= 11 is 0. The Balaban J connectivity index is 1.53. The number of fused-ring (bicyclic) bond motifs is 1. The summed E-state index contributed by atoms with van der Waals surface area (Å²) in [5, 5.41) is 13.6. The van der Waals surface area contributed by atoms with Gasteiger partial charge in [0.2, 0.25) is 11.8 Å². The second-order valence-electron chi connectivity index (χ2n) is 13.9. The molecule has 0 aromatic heterocycles. The van der Waals surface area contributed by atoms with E-state index in [1.165, 1.54) is 4.90 Å². The number of allylic oxidation sites excluding steroid dienone is 1. The number of nitrogens with one attached hydrogen (secondary N) is 1. The number of benzene rings is 2. The third kappa shape index (κ3) is 6.75. The Kier molecular flexibility index (Phi) is 11.6. The molecule has 10 heteroatoms. The minimum absolute atomic E-state index is 0.0495. The predicted molar refractivity (Wildman–Crippen MR) is 191 cm³/mol. The number of carbonyl (C=O) groups excluding carboxylic acids is 4. The number of hydrogen-bond acceptors (Lipinski definition) is 7. The van der Waals surface area contributed by atoms with Gasteiger partial charge in [0.05, 0.1) is 37.1 Å². The number of aliphatic hydroxyl groups excluding tert-OH is 1. The minimum atomic E-state index is -1.29. The summed E-state index contributed by atoms with van der Waals surface area (Å²) in [5.41, 5.74) is 1.93. The van der Waals surface area contributed by atoms with Crippen LogP contribution in [0.3, 0.4) is 0 Å². The summed E-state index contributed by atoms with van der Waals surface area (Å²) < 4.78 is 12.9. The van der Waals surface area contributed by atoms with E-state index in [2.05, 4.69) is 18.5 Å². The molecular weight excluding hydrogens is 634 g/mol. The van der Waals surface area contributed by atoms with E-state index in [9.17, 15) is 19.5 Å². The van der Waals surface area contributed by atoms with Crippen LogP contribution in [0.25, 0.3) is 0 Å². The molecule has 268 valence electrons. The van der Waals surface area contributed by atoms with E-state index >= 15 is 4.79 Å². The van der Waals surface area contributed by atoms with Crippen molar-refractivity contribution in [3.63, 3.8) is 0 Å². The number of carbonyl (C=O) groups is 4. The van der Waals surface area contributed by atoms with Gasteiger partial charge in [0.15, 0.2) is 0 Å². The van der Waals surface area contributed by atoms with Crippen LogP contribution in [0, 0.1) is 31.6 Å². The molecule has 3 fully saturated rings. The number of amides is 3. The molecule has 0 aliphatic carbocycles. The molecule has 0 radical (unpaired) electrons. The highest BCUT2D eigenvalue weighted by Gasteiger charge is 2.76. The average molecular weight is 686 g/mol. The lowest BCUT2D eigenvalue weighted by Gasteiger charge is -2.41. The number of rotatable bonds is 16. The van der Waals surface area contributed by atoms with Gasteiger partial charge in [-0.2, -0.15) is 0 Å². The third-order valence-corrected chi connectivity index (χ3v) is 10.9. The zero-order valence-electron chi connectivity index (χ0n) is 29.7. The molecule has 8 atom stereocenters. The number of likely N-dealkylation sites (tertiary alicyclic amines) is 1. The Hall–Kier alpha value is -4.28. The smallest absolute Gasteiger partial charge is 0.313 e. The molecule has 1 spiro atoms. The maximum atomic E-state index is 15.1. The Morgan fingerprint density at radius 2 is 1.82 bits per heavy atom. The number of anilines is 1. The van der Waals surface area contributed by atoms with Crippen LogP contribution in [-0.2, 0) is 28.7 Å². The van der Waals surface area contributed by atoms with Gasteiger partial charge in [0.25, 0.3) is 5.91 Å². The highest BCUT2D eigenvalue weighted by atomic mass is 16.6. The van der Waals surface area contributed by atoms with E-state index in [0.717, 1.165) is 16.8 Å². The number of esters is 1. The van der Waals surface area contributed by atoms with Crippen molar-refractivity contribution in [2.24, 2.45) is 17.8 Å². The molecule has 2 aromatic rings. The number of aliphatic hydroxyl groups is 1. The molecule has 2 aromatic carbocycles. The first kappa shape index (κ1) is 37.0. The van der Waals surface area contributed by atoms with E-state index in [1.807, 2.05) is 76.2 Å². The fourth-order valence-electron chi connectivity index (χ4n) is 8.25. The fourth-order valence-corrected chi connectivity index (χ4v) is 8.25. The molecule has 3 aliphatic heterocycles. The third-order valence-electron chi connectivity index (χ3n) is 10.9. The summed E-state index contributed by atoms with van der Waals surface area (Å²) in [7, 11) is 0. The van der Waals surface area contributed by atoms with Gasteiger partial charge in [0, 0.05) is 18.7 Å². The Labute approximate surface area is 295 Å². The largest absolute Gasteiger partial charge is 0.455 e. The second kappa shape index (κ2) is 15.7. The fraction of sp³-hybridized carbons (Fsp3) is 0.500. The summed E-state index contributed by atoms with van der Waals surface area (Å²) in [6, 6.07) is 13.2. The van der Waals surface area contributed by atoms with Crippen LogP contribution in [0.5, 0.6) is 0 Å². The van der Waals surface area contributed by atoms with Crippen molar-refractivity contribution in [3.05, 3.63) is 90.5 Å². The highest BCUT2D eigenvalue weighted by Crippen LogP contribution is 2.59. The lowest BCUT2D eigenvalue weighted by molar-refractivity contribution is -0.161. The Morgan fingerprint density at radius 3 is 2.44 bits per heavy atom. The van der Waals surface area contributed by atoms with Crippen molar-refractivity contribution in [2.75, 3.05) is 24.6 Å². The van der Waals surface area contributed by atoms with Crippen LogP contribution in [0.2, 0.25) is 0 Å². The van der Waals surface area contributed by atoms with E-state index < -0.39 is 47.7 Å². The molecular formula is C40H51N3O7. The first-order valence-corrected chi connectivity index (χ1v) is 17.8. The number of para-hydroxylation sites is 1. The summed E-state index contributed by atoms with van der Waals surface area (Å²) in [5.74, 6) is -3.62. The first-order valence-electron chi connectivity index (χ1n) is 17.8. The molecule has 2 bridgehead atoms. The van der Waals surface area contributed by atoms with E-state index in [-0.39, 0.29) is 49.8 Å². The van der Waals surface area contributed by atoms with Gasteiger partial charge in [-0.3, -0.25) is 19.2 Å². The minimum Gasteiger partial charge on any atom is -0.455 e. The highest BCUT2D eigenvalue weighted by molar-refractivity contribution is 6.05. The quantitative estimate of drug-likeness (QED) is 0.189. The van der Waals surface area contributed by atoms with Crippen molar-refractivity contribution >= 4 is 29.4 Å². The van der Waals surface area contributed by atoms with E-state index in [1.54, 1.807) is 17.1 Å². The van der Waals surface area contributed by atoms with Crippen molar-refractivity contribution in [1.29, 1.82) is 0 Å². The molecule has 5 rings (SSSR count). The molecule has 10 nitrogen and oxygen atoms in total. The van der Waals surface area contributed by atoms with Crippen molar-refractivity contribution in [3.8, 4) is 0 Å². The van der Waals surface area contributed by atoms with Crippen LogP contribution in [0.15, 0.2) is 73.8 Å². The number of nitrogens with zero attached hydrogens (tertiary/aromatic N) is 2. The maximum Gasteiger partial charge on any atom is 0.313 e. The maximum absolute atomic E-state index is 15.1. The van der Waals surface area contributed by atoms with Gasteiger partial charge in [-0.1, -0.05) is 81.0 Å². The Bertz CT molecular complexity index is 1570. The summed E-state index contributed by atoms with van der Waals surface area (Å²) in [6.07, 6.45) is 4.19. The molecule has 2 N–H and O–H groups in total. The SMILES string of the molecule is C=CCCC(=O)NC[C@H](OC(=O)[C@@H]1[C@@H]2CC[C@]3(O2)[C@H](C(=O)N(CC=C)c2c(C)cccc2C)N([C@@H](CO)[C@@H](C)CC)C(=O)[C@@H]13)c1ccccc1. The van der Waals surface area contributed by atoms with Crippen LogP contribution >= 0.6 is 0 Å². The molecule has 3 heterocycles. The molecule has 0 unspecified atom stereocenters. The van der Waals surface area contributed by atoms with Crippen molar-refractivity contribution in [1.82, 2.24) is 10.2 Å². The molecule has 50 heavy (non-hydrogen) atoms. The first-order chi connectivity index (χ1) is 24.0. The molecule has 3 aliphatic rings. The van der Waals surface area contributed by atoms with E-state index in [4.69, 9.17) is 9.47 Å². The topological polar surface area (TPSA) is 125 Å². The number of hydrogen-bond donors (Lipinski definition) is 2. The van der Waals surface area contributed by atoms with Gasteiger partial charge in [0.1, 0.15) is 17.7 Å². The zero-order chi connectivity index (χ0) is 36.2.